The quantitative estimate of drug-likeness (QED) is 0.583. The van der Waals surface area contributed by atoms with E-state index in [4.69, 9.17) is 0 Å². The van der Waals surface area contributed by atoms with Crippen molar-refractivity contribution in [1.82, 2.24) is 5.32 Å². The zero-order valence-electron chi connectivity index (χ0n) is 6.61. The summed E-state index contributed by atoms with van der Waals surface area (Å²) in [6, 6.07) is 0. The average molecular weight is 131 g/mol. The van der Waals surface area contributed by atoms with Crippen LogP contribution in [0.15, 0.2) is 0 Å². The van der Waals surface area contributed by atoms with Gasteiger partial charge in [0, 0.05) is 6.42 Å². The number of carbonyl (C=O) groups is 1. The van der Waals surface area contributed by atoms with E-state index >= 15 is 0 Å². The maximum Gasteiger partial charge on any atom is 0.119 e. The first-order chi connectivity index (χ1) is 4.33. The van der Waals surface area contributed by atoms with Crippen LogP contribution in [0, 0.1) is 0 Å². The van der Waals surface area contributed by atoms with E-state index in [0.717, 1.165) is 19.4 Å². The van der Waals surface area contributed by atoms with Crippen molar-refractivity contribution in [2.24, 2.45) is 0 Å². The Balaban J connectivity index is 0. The third-order valence-electron chi connectivity index (χ3n) is 0.667. The number of hydrogen-bond acceptors (Lipinski definition) is 2. The van der Waals surface area contributed by atoms with Crippen LogP contribution in [0.5, 0.6) is 0 Å². The molecule has 0 saturated heterocycles. The van der Waals surface area contributed by atoms with Gasteiger partial charge >= 0.3 is 0 Å². The summed E-state index contributed by atoms with van der Waals surface area (Å²) in [6.07, 6.45) is 1.51. The second kappa shape index (κ2) is 15.6. The summed E-state index contributed by atoms with van der Waals surface area (Å²) in [5, 5.41) is 3.11. The van der Waals surface area contributed by atoms with Crippen molar-refractivity contribution in [2.45, 2.75) is 27.2 Å². The van der Waals surface area contributed by atoms with E-state index in [2.05, 4.69) is 19.2 Å². The van der Waals surface area contributed by atoms with Crippen LogP contribution in [0.25, 0.3) is 0 Å². The fourth-order valence-electron chi connectivity index (χ4n) is 0.250. The molecule has 0 radical (unpaired) electrons. The zero-order chi connectivity index (χ0) is 7.54. The molecule has 0 bridgehead atoms. The van der Waals surface area contributed by atoms with Crippen molar-refractivity contribution >= 4 is 6.29 Å². The predicted octanol–water partition coefficient (Wildman–Crippen LogP) is 1.21. The topological polar surface area (TPSA) is 29.1 Å². The lowest BCUT2D eigenvalue weighted by molar-refractivity contribution is -0.107. The van der Waals surface area contributed by atoms with Gasteiger partial charge in [0.25, 0.3) is 0 Å². The van der Waals surface area contributed by atoms with Gasteiger partial charge in [-0.15, -0.1) is 0 Å². The Kier molecular flexibility index (Phi) is 19.9. The van der Waals surface area contributed by atoms with E-state index in [1.165, 1.54) is 0 Å². The first-order valence-electron chi connectivity index (χ1n) is 3.47. The van der Waals surface area contributed by atoms with Gasteiger partial charge in [0.2, 0.25) is 0 Å². The van der Waals surface area contributed by atoms with Crippen LogP contribution in [-0.4, -0.2) is 19.4 Å². The highest BCUT2D eigenvalue weighted by atomic mass is 16.1. The highest BCUT2D eigenvalue weighted by Crippen LogP contribution is 1.53. The Morgan fingerprint density at radius 2 is 1.56 bits per heavy atom. The molecule has 0 aromatic carbocycles. The maximum absolute atomic E-state index is 9.17. The normalized spacial score (nSPS) is 7.44. The summed E-state index contributed by atoms with van der Waals surface area (Å²) in [5.74, 6) is 0. The average Bonchev–Trinajstić information content (AvgIpc) is 1.91. The minimum absolute atomic E-state index is 0.639. The Morgan fingerprint density at radius 1 is 1.22 bits per heavy atom. The summed E-state index contributed by atoms with van der Waals surface area (Å²) >= 11 is 0. The smallest absolute Gasteiger partial charge is 0.119 e. The fraction of sp³-hybridized carbons (Fsp3) is 0.857. The molecule has 0 aromatic rings. The second-order valence-electron chi connectivity index (χ2n) is 1.53. The van der Waals surface area contributed by atoms with E-state index < -0.39 is 0 Å². The van der Waals surface area contributed by atoms with Crippen LogP contribution in [-0.2, 0) is 4.79 Å². The molecule has 0 amide bonds. The van der Waals surface area contributed by atoms with Crippen LogP contribution in [0.4, 0.5) is 0 Å². The molecule has 0 heterocycles. The van der Waals surface area contributed by atoms with Crippen molar-refractivity contribution in [2.75, 3.05) is 13.1 Å². The molecular weight excluding hydrogens is 114 g/mol. The van der Waals surface area contributed by atoms with E-state index in [-0.39, 0.29) is 0 Å². The van der Waals surface area contributed by atoms with Crippen molar-refractivity contribution < 1.29 is 4.79 Å². The number of aldehydes is 1. The molecule has 2 nitrogen and oxygen atoms in total. The molecule has 0 fully saturated rings. The van der Waals surface area contributed by atoms with Gasteiger partial charge in [0.15, 0.2) is 0 Å². The largest absolute Gasteiger partial charge is 0.317 e. The highest BCUT2D eigenvalue weighted by Gasteiger charge is 1.62. The molecule has 0 aliphatic carbocycles. The third-order valence-corrected chi connectivity index (χ3v) is 0.667. The van der Waals surface area contributed by atoms with Crippen molar-refractivity contribution in [3.63, 3.8) is 0 Å². The first kappa shape index (κ1) is 11.4. The Labute approximate surface area is 57.6 Å². The van der Waals surface area contributed by atoms with Gasteiger partial charge in [-0.1, -0.05) is 20.8 Å². The van der Waals surface area contributed by atoms with Gasteiger partial charge in [-0.3, -0.25) is 0 Å². The summed E-state index contributed by atoms with van der Waals surface area (Å²) < 4.78 is 0. The molecule has 1 N–H and O–H groups in total. The van der Waals surface area contributed by atoms with Gasteiger partial charge in [-0.05, 0) is 13.1 Å². The molecule has 0 aliphatic heterocycles. The van der Waals surface area contributed by atoms with E-state index in [1.807, 2.05) is 6.92 Å². The van der Waals surface area contributed by atoms with Crippen LogP contribution < -0.4 is 5.32 Å². The molecule has 56 valence electrons. The molecular formula is C7H17NO. The molecule has 0 rings (SSSR count). The molecule has 0 unspecified atom stereocenters. The molecule has 9 heavy (non-hydrogen) atoms. The van der Waals surface area contributed by atoms with Crippen molar-refractivity contribution in [3.8, 4) is 0 Å². The third kappa shape index (κ3) is 35.0. The second-order valence-corrected chi connectivity index (χ2v) is 1.53. The predicted molar refractivity (Wildman–Crippen MR) is 40.6 cm³/mol. The van der Waals surface area contributed by atoms with Gasteiger partial charge in [0.1, 0.15) is 6.29 Å². The first-order valence-corrected chi connectivity index (χ1v) is 3.47. The van der Waals surface area contributed by atoms with E-state index in [9.17, 15) is 4.79 Å². The Hall–Kier alpha value is -0.370. The lowest BCUT2D eigenvalue weighted by atomic mass is 10.6. The number of carbonyl (C=O) groups excluding carboxylic acids is 1. The SMILES string of the molecule is CCC=O.CCNCC. The fourth-order valence-corrected chi connectivity index (χ4v) is 0.250. The molecule has 2 heteroatoms. The summed E-state index contributed by atoms with van der Waals surface area (Å²) in [4.78, 5) is 9.17. The molecule has 0 aliphatic rings. The van der Waals surface area contributed by atoms with Crippen LogP contribution in [0.3, 0.4) is 0 Å². The highest BCUT2D eigenvalue weighted by molar-refractivity contribution is 5.48. The van der Waals surface area contributed by atoms with Gasteiger partial charge in [-0.25, -0.2) is 0 Å². The molecule has 0 spiro atoms. The van der Waals surface area contributed by atoms with E-state index in [1.54, 1.807) is 0 Å². The molecule has 0 aromatic heterocycles. The number of rotatable bonds is 3. The standard InChI is InChI=1S/C4H11N.C3H6O/c1-3-5-4-2;1-2-3-4/h5H,3-4H2,1-2H3;3H,2H2,1H3. The van der Waals surface area contributed by atoms with E-state index in [0.29, 0.717) is 6.42 Å². The van der Waals surface area contributed by atoms with Gasteiger partial charge < -0.3 is 10.1 Å². The van der Waals surface area contributed by atoms with Crippen LogP contribution in [0.2, 0.25) is 0 Å². The lowest BCUT2D eigenvalue weighted by Gasteiger charge is -1.86. The Morgan fingerprint density at radius 3 is 1.56 bits per heavy atom. The minimum atomic E-state index is 0.639. The number of nitrogens with one attached hydrogen (secondary N) is 1. The monoisotopic (exact) mass is 131 g/mol. The minimum Gasteiger partial charge on any atom is -0.317 e. The van der Waals surface area contributed by atoms with Gasteiger partial charge in [-0.2, -0.15) is 0 Å². The molecule has 0 saturated carbocycles. The van der Waals surface area contributed by atoms with Crippen molar-refractivity contribution in [1.29, 1.82) is 0 Å². The molecule has 0 atom stereocenters. The summed E-state index contributed by atoms with van der Waals surface area (Å²) in [7, 11) is 0. The number of hydrogen-bond donors (Lipinski definition) is 1. The summed E-state index contributed by atoms with van der Waals surface area (Å²) in [6.45, 7) is 8.20. The van der Waals surface area contributed by atoms with Crippen LogP contribution in [0.1, 0.15) is 27.2 Å². The zero-order valence-corrected chi connectivity index (χ0v) is 6.61. The lowest BCUT2D eigenvalue weighted by Crippen LogP contribution is -2.09. The van der Waals surface area contributed by atoms with Crippen LogP contribution >= 0.6 is 0 Å². The Bertz CT molecular complexity index is 44.2. The van der Waals surface area contributed by atoms with Gasteiger partial charge in [0.05, 0.1) is 0 Å². The van der Waals surface area contributed by atoms with Crippen molar-refractivity contribution in [3.05, 3.63) is 0 Å². The summed E-state index contributed by atoms with van der Waals surface area (Å²) in [5.41, 5.74) is 0. The maximum atomic E-state index is 9.17.